The fraction of sp³-hybridized carbons (Fsp3) is 0.375. The molecule has 1 heterocycles. The summed E-state index contributed by atoms with van der Waals surface area (Å²) in [6.45, 7) is 0.354. The van der Waals surface area contributed by atoms with Gasteiger partial charge in [0.25, 0.3) is 0 Å². The first kappa shape index (κ1) is 9.88. The number of ether oxygens (including phenoxy) is 1. The van der Waals surface area contributed by atoms with E-state index in [1.807, 2.05) is 0 Å². The third kappa shape index (κ3) is 2.37. The van der Waals surface area contributed by atoms with Gasteiger partial charge in [0.2, 0.25) is 5.95 Å². The average molecular weight is 185 g/mol. The highest BCUT2D eigenvalue weighted by Crippen LogP contribution is 2.14. The van der Waals surface area contributed by atoms with Gasteiger partial charge >= 0.3 is 0 Å². The summed E-state index contributed by atoms with van der Waals surface area (Å²) >= 11 is 0. The highest BCUT2D eigenvalue weighted by Gasteiger charge is 2.08. The van der Waals surface area contributed by atoms with Crippen molar-refractivity contribution in [2.75, 3.05) is 19.5 Å². The van der Waals surface area contributed by atoms with Crippen LogP contribution in [0.3, 0.4) is 0 Å². The first-order valence-corrected chi connectivity index (χ1v) is 3.80. The minimum Gasteiger partial charge on any atom is -0.395 e. The summed E-state index contributed by atoms with van der Waals surface area (Å²) in [5.74, 6) is -0.673. The van der Waals surface area contributed by atoms with Crippen LogP contribution in [0, 0.1) is 5.95 Å². The predicted molar refractivity (Wildman–Crippen MR) is 47.4 cm³/mol. The Balaban J connectivity index is 2.84. The van der Waals surface area contributed by atoms with Crippen molar-refractivity contribution in [2.24, 2.45) is 5.73 Å². The molecule has 0 spiro atoms. The van der Waals surface area contributed by atoms with E-state index in [9.17, 15) is 4.39 Å². The van der Waals surface area contributed by atoms with Crippen LogP contribution < -0.4 is 11.5 Å². The molecule has 13 heavy (non-hydrogen) atoms. The smallest absolute Gasteiger partial charge is 0.236 e. The normalized spacial score (nSPS) is 12.8. The zero-order chi connectivity index (χ0) is 9.84. The summed E-state index contributed by atoms with van der Waals surface area (Å²) in [6, 6.07) is 1.15. The lowest BCUT2D eigenvalue weighted by atomic mass is 10.1. The monoisotopic (exact) mass is 185 g/mol. The lowest BCUT2D eigenvalue weighted by Gasteiger charge is -2.10. The number of nitrogens with two attached hydrogens (primary N) is 2. The SMILES string of the molecule is COCC(N)c1cnc(F)c(N)c1. The fourth-order valence-corrected chi connectivity index (χ4v) is 0.961. The van der Waals surface area contributed by atoms with Crippen molar-refractivity contribution < 1.29 is 9.13 Å². The number of nitrogen functional groups attached to an aromatic ring is 1. The molecule has 1 unspecified atom stereocenters. The van der Waals surface area contributed by atoms with Crippen molar-refractivity contribution in [2.45, 2.75) is 6.04 Å². The van der Waals surface area contributed by atoms with Crippen molar-refractivity contribution in [1.82, 2.24) is 4.98 Å². The molecule has 0 aliphatic carbocycles. The summed E-state index contributed by atoms with van der Waals surface area (Å²) in [5.41, 5.74) is 11.7. The fourth-order valence-electron chi connectivity index (χ4n) is 0.961. The maximum atomic E-state index is 12.6. The van der Waals surface area contributed by atoms with Gasteiger partial charge in [-0.2, -0.15) is 4.39 Å². The summed E-state index contributed by atoms with van der Waals surface area (Å²) in [7, 11) is 1.54. The first-order valence-electron chi connectivity index (χ1n) is 3.80. The number of anilines is 1. The van der Waals surface area contributed by atoms with Gasteiger partial charge in [-0.25, -0.2) is 4.98 Å². The second-order valence-corrected chi connectivity index (χ2v) is 2.71. The van der Waals surface area contributed by atoms with E-state index in [-0.39, 0.29) is 11.7 Å². The zero-order valence-electron chi connectivity index (χ0n) is 7.33. The molecule has 4 nitrogen and oxygen atoms in total. The number of aromatic nitrogens is 1. The van der Waals surface area contributed by atoms with Crippen molar-refractivity contribution in [3.8, 4) is 0 Å². The number of hydrogen-bond donors (Lipinski definition) is 2. The largest absolute Gasteiger partial charge is 0.395 e. The topological polar surface area (TPSA) is 74.2 Å². The van der Waals surface area contributed by atoms with Crippen LogP contribution in [-0.4, -0.2) is 18.7 Å². The lowest BCUT2D eigenvalue weighted by Crippen LogP contribution is -2.16. The molecule has 0 saturated carbocycles. The molecule has 1 aromatic rings. The number of rotatable bonds is 3. The highest BCUT2D eigenvalue weighted by atomic mass is 19.1. The quantitative estimate of drug-likeness (QED) is 0.670. The van der Waals surface area contributed by atoms with E-state index in [0.29, 0.717) is 12.2 Å². The Hall–Kier alpha value is -1.20. The molecule has 4 N–H and O–H groups in total. The van der Waals surface area contributed by atoms with Crippen LogP contribution in [0.25, 0.3) is 0 Å². The van der Waals surface area contributed by atoms with E-state index < -0.39 is 5.95 Å². The Morgan fingerprint density at radius 1 is 1.69 bits per heavy atom. The van der Waals surface area contributed by atoms with E-state index in [0.717, 1.165) is 0 Å². The molecule has 5 heteroatoms. The van der Waals surface area contributed by atoms with Crippen LogP contribution in [0.15, 0.2) is 12.3 Å². The van der Waals surface area contributed by atoms with E-state index in [2.05, 4.69) is 4.98 Å². The van der Waals surface area contributed by atoms with Crippen LogP contribution >= 0.6 is 0 Å². The third-order valence-electron chi connectivity index (χ3n) is 1.66. The van der Waals surface area contributed by atoms with Gasteiger partial charge < -0.3 is 16.2 Å². The average Bonchev–Trinajstić information content (AvgIpc) is 2.10. The number of hydrogen-bond acceptors (Lipinski definition) is 4. The van der Waals surface area contributed by atoms with Gasteiger partial charge in [-0.15, -0.1) is 0 Å². The van der Waals surface area contributed by atoms with Gasteiger partial charge in [0, 0.05) is 13.3 Å². The maximum Gasteiger partial charge on any atom is 0.236 e. The molecular weight excluding hydrogens is 173 g/mol. The van der Waals surface area contributed by atoms with Crippen LogP contribution in [0.2, 0.25) is 0 Å². The molecule has 0 amide bonds. The van der Waals surface area contributed by atoms with Crippen LogP contribution in [0.5, 0.6) is 0 Å². The van der Waals surface area contributed by atoms with Gasteiger partial charge in [-0.1, -0.05) is 0 Å². The Labute approximate surface area is 75.7 Å². The molecule has 0 aromatic carbocycles. The molecule has 0 fully saturated rings. The van der Waals surface area contributed by atoms with Crippen molar-refractivity contribution in [1.29, 1.82) is 0 Å². The van der Waals surface area contributed by atoms with E-state index >= 15 is 0 Å². The number of halogens is 1. The Kier molecular flexibility index (Phi) is 3.16. The maximum absolute atomic E-state index is 12.6. The summed E-state index contributed by atoms with van der Waals surface area (Å²) < 4.78 is 17.5. The Bertz CT molecular complexity index is 293. The molecular formula is C8H12FN3O. The zero-order valence-corrected chi connectivity index (χ0v) is 7.33. The Morgan fingerprint density at radius 2 is 2.38 bits per heavy atom. The van der Waals surface area contributed by atoms with Crippen LogP contribution in [0.4, 0.5) is 10.1 Å². The molecule has 0 bridgehead atoms. The predicted octanol–water partition coefficient (Wildman–Crippen LogP) is 0.449. The third-order valence-corrected chi connectivity index (χ3v) is 1.66. The van der Waals surface area contributed by atoms with Gasteiger partial charge in [0.1, 0.15) is 0 Å². The van der Waals surface area contributed by atoms with Gasteiger partial charge in [-0.3, -0.25) is 0 Å². The first-order chi connectivity index (χ1) is 6.15. The highest BCUT2D eigenvalue weighted by molar-refractivity contribution is 5.39. The second kappa shape index (κ2) is 4.15. The number of nitrogens with zero attached hydrogens (tertiary/aromatic N) is 1. The Morgan fingerprint density at radius 3 is 2.92 bits per heavy atom. The van der Waals surface area contributed by atoms with Crippen molar-refractivity contribution in [3.63, 3.8) is 0 Å². The standard InChI is InChI=1S/C8H12FN3O/c1-13-4-7(11)5-2-6(10)8(9)12-3-5/h2-3,7H,4,10-11H2,1H3. The van der Waals surface area contributed by atoms with Crippen LogP contribution in [-0.2, 0) is 4.74 Å². The molecule has 1 aromatic heterocycles. The molecule has 0 aliphatic heterocycles. The van der Waals surface area contributed by atoms with E-state index in [1.54, 1.807) is 7.11 Å². The summed E-state index contributed by atoms with van der Waals surface area (Å²) in [5, 5.41) is 0. The molecule has 0 saturated heterocycles. The molecule has 1 atom stereocenters. The van der Waals surface area contributed by atoms with E-state index in [1.165, 1.54) is 12.3 Å². The van der Waals surface area contributed by atoms with Crippen molar-refractivity contribution in [3.05, 3.63) is 23.8 Å². The van der Waals surface area contributed by atoms with E-state index in [4.69, 9.17) is 16.2 Å². The molecule has 0 radical (unpaired) electrons. The summed E-state index contributed by atoms with van der Waals surface area (Å²) in [6.07, 6.45) is 1.36. The minimum absolute atomic E-state index is 0.00375. The minimum atomic E-state index is -0.673. The van der Waals surface area contributed by atoms with Crippen molar-refractivity contribution >= 4 is 5.69 Å². The molecule has 0 aliphatic rings. The molecule has 72 valence electrons. The van der Waals surface area contributed by atoms with Gasteiger partial charge in [0.15, 0.2) is 0 Å². The number of methoxy groups -OCH3 is 1. The second-order valence-electron chi connectivity index (χ2n) is 2.71. The number of pyridine rings is 1. The summed E-state index contributed by atoms with van der Waals surface area (Å²) in [4.78, 5) is 3.45. The van der Waals surface area contributed by atoms with Crippen LogP contribution in [0.1, 0.15) is 11.6 Å². The van der Waals surface area contributed by atoms with Gasteiger partial charge in [-0.05, 0) is 11.6 Å². The lowest BCUT2D eigenvalue weighted by molar-refractivity contribution is 0.181. The molecule has 1 rings (SSSR count). The van der Waals surface area contributed by atoms with Gasteiger partial charge in [0.05, 0.1) is 18.3 Å².